The Hall–Kier alpha value is -1.92. The van der Waals surface area contributed by atoms with Gasteiger partial charge in [0.25, 0.3) is 0 Å². The molecule has 1 rings (SSSR count). The molecule has 6 nitrogen and oxygen atoms in total. The second-order valence-electron chi connectivity index (χ2n) is 6.46. The van der Waals surface area contributed by atoms with Crippen molar-refractivity contribution in [1.29, 1.82) is 0 Å². The Morgan fingerprint density at radius 1 is 1.19 bits per heavy atom. The average molecular weight is 364 g/mol. The van der Waals surface area contributed by atoms with E-state index in [1.165, 1.54) is 14.0 Å². The van der Waals surface area contributed by atoms with Gasteiger partial charge in [-0.05, 0) is 37.0 Å². The summed E-state index contributed by atoms with van der Waals surface area (Å²) in [4.78, 5) is 23.2. The Balaban J connectivity index is 2.37. The Morgan fingerprint density at radius 2 is 1.88 bits per heavy atom. The zero-order chi connectivity index (χ0) is 19.4. The fourth-order valence-corrected chi connectivity index (χ4v) is 2.66. The number of esters is 1. The highest BCUT2D eigenvalue weighted by Gasteiger charge is 2.11. The van der Waals surface area contributed by atoms with E-state index in [9.17, 15) is 14.7 Å². The largest absolute Gasteiger partial charge is 0.465 e. The molecule has 6 heteroatoms. The molecule has 26 heavy (non-hydrogen) atoms. The van der Waals surface area contributed by atoms with E-state index in [0.29, 0.717) is 25.1 Å². The van der Waals surface area contributed by atoms with E-state index >= 15 is 0 Å². The molecule has 0 radical (unpaired) electrons. The van der Waals surface area contributed by atoms with Gasteiger partial charge in [-0.2, -0.15) is 0 Å². The first-order chi connectivity index (χ1) is 12.5. The van der Waals surface area contributed by atoms with Gasteiger partial charge in [0.15, 0.2) is 0 Å². The second-order valence-corrected chi connectivity index (χ2v) is 6.46. The maximum atomic E-state index is 11.7. The van der Waals surface area contributed by atoms with Crippen LogP contribution in [0.15, 0.2) is 24.3 Å². The van der Waals surface area contributed by atoms with Crippen molar-refractivity contribution in [2.75, 3.05) is 20.2 Å². The highest BCUT2D eigenvalue weighted by Crippen LogP contribution is 2.08. The monoisotopic (exact) mass is 364 g/mol. The SMILES string of the molecule is CCCCC[C@H](O)CCN(NCCc1ccc(C(=O)OC)cc1)C(C)=O. The summed E-state index contributed by atoms with van der Waals surface area (Å²) in [6, 6.07) is 7.22. The molecule has 0 heterocycles. The summed E-state index contributed by atoms with van der Waals surface area (Å²) in [6.45, 7) is 4.74. The minimum atomic E-state index is -0.365. The van der Waals surface area contributed by atoms with Gasteiger partial charge in [-0.25, -0.2) is 10.2 Å². The first-order valence-electron chi connectivity index (χ1n) is 9.34. The zero-order valence-corrected chi connectivity index (χ0v) is 16.2. The standard InChI is InChI=1S/C20H32N2O4/c1-4-5-6-7-19(24)13-15-22(16(2)23)21-14-12-17-8-10-18(11-9-17)20(25)26-3/h8-11,19,21,24H,4-7,12-15H2,1-3H3/t19-/m0/s1. The lowest BCUT2D eigenvalue weighted by Gasteiger charge is -2.23. The molecule has 1 aromatic carbocycles. The summed E-state index contributed by atoms with van der Waals surface area (Å²) in [5, 5.41) is 11.6. The number of nitrogens with one attached hydrogen (secondary N) is 1. The number of ether oxygens (including phenoxy) is 1. The van der Waals surface area contributed by atoms with Crippen LogP contribution < -0.4 is 5.43 Å². The number of aliphatic hydroxyl groups excluding tert-OH is 1. The Bertz CT molecular complexity index is 545. The highest BCUT2D eigenvalue weighted by molar-refractivity contribution is 5.89. The van der Waals surface area contributed by atoms with Crippen LogP contribution in [0.4, 0.5) is 0 Å². The molecule has 0 bridgehead atoms. The van der Waals surface area contributed by atoms with Crippen molar-refractivity contribution in [2.45, 2.75) is 58.5 Å². The van der Waals surface area contributed by atoms with Crippen molar-refractivity contribution in [3.05, 3.63) is 35.4 Å². The van der Waals surface area contributed by atoms with Gasteiger partial charge in [0.1, 0.15) is 0 Å². The molecule has 0 spiro atoms. The summed E-state index contributed by atoms with van der Waals surface area (Å²) in [6.07, 6.45) is 5.00. The highest BCUT2D eigenvalue weighted by atomic mass is 16.5. The third kappa shape index (κ3) is 8.45. The Labute approximate surface area is 156 Å². The van der Waals surface area contributed by atoms with E-state index in [-0.39, 0.29) is 18.0 Å². The normalized spacial score (nSPS) is 11.8. The number of hydrogen-bond donors (Lipinski definition) is 2. The van der Waals surface area contributed by atoms with Gasteiger partial charge in [0.2, 0.25) is 5.91 Å². The first-order valence-corrected chi connectivity index (χ1v) is 9.34. The maximum Gasteiger partial charge on any atom is 0.337 e. The number of carbonyl (C=O) groups excluding carboxylic acids is 2. The van der Waals surface area contributed by atoms with E-state index in [1.54, 1.807) is 17.1 Å². The number of hydrazine groups is 1. The van der Waals surface area contributed by atoms with E-state index < -0.39 is 0 Å². The van der Waals surface area contributed by atoms with Gasteiger partial charge in [-0.3, -0.25) is 9.80 Å². The Kier molecular flexibility index (Phi) is 10.6. The molecule has 1 amide bonds. The number of rotatable bonds is 12. The van der Waals surface area contributed by atoms with Gasteiger partial charge >= 0.3 is 5.97 Å². The molecule has 0 unspecified atom stereocenters. The van der Waals surface area contributed by atoms with Crippen molar-refractivity contribution >= 4 is 11.9 Å². The summed E-state index contributed by atoms with van der Waals surface area (Å²) in [7, 11) is 1.36. The third-order valence-corrected chi connectivity index (χ3v) is 4.30. The molecule has 0 aliphatic carbocycles. The molecule has 0 aromatic heterocycles. The van der Waals surface area contributed by atoms with Crippen LogP contribution in [0.1, 0.15) is 61.9 Å². The quantitative estimate of drug-likeness (QED) is 0.339. The molecule has 0 fully saturated rings. The summed E-state index contributed by atoms with van der Waals surface area (Å²) >= 11 is 0. The van der Waals surface area contributed by atoms with E-state index in [1.807, 2.05) is 12.1 Å². The van der Waals surface area contributed by atoms with Crippen LogP contribution in [-0.4, -0.2) is 48.3 Å². The van der Waals surface area contributed by atoms with E-state index in [2.05, 4.69) is 17.1 Å². The van der Waals surface area contributed by atoms with Crippen molar-refractivity contribution in [1.82, 2.24) is 10.4 Å². The third-order valence-electron chi connectivity index (χ3n) is 4.30. The van der Waals surface area contributed by atoms with Crippen LogP contribution in [-0.2, 0) is 16.0 Å². The molecule has 146 valence electrons. The fourth-order valence-electron chi connectivity index (χ4n) is 2.66. The molecule has 0 aliphatic rings. The van der Waals surface area contributed by atoms with Gasteiger partial charge in [-0.15, -0.1) is 0 Å². The number of aliphatic hydroxyl groups is 1. The van der Waals surface area contributed by atoms with Gasteiger partial charge in [-0.1, -0.05) is 38.3 Å². The lowest BCUT2D eigenvalue weighted by Crippen LogP contribution is -2.44. The number of unbranched alkanes of at least 4 members (excludes halogenated alkanes) is 2. The van der Waals surface area contributed by atoms with Crippen LogP contribution in [0.25, 0.3) is 0 Å². The Morgan fingerprint density at radius 3 is 2.46 bits per heavy atom. The van der Waals surface area contributed by atoms with Crippen LogP contribution >= 0.6 is 0 Å². The lowest BCUT2D eigenvalue weighted by molar-refractivity contribution is -0.132. The predicted octanol–water partition coefficient (Wildman–Crippen LogP) is 2.70. The minimum Gasteiger partial charge on any atom is -0.465 e. The second kappa shape index (κ2) is 12.4. The topological polar surface area (TPSA) is 78.9 Å². The molecule has 0 saturated carbocycles. The molecular weight excluding hydrogens is 332 g/mol. The van der Waals surface area contributed by atoms with E-state index in [4.69, 9.17) is 0 Å². The predicted molar refractivity (Wildman–Crippen MR) is 102 cm³/mol. The van der Waals surface area contributed by atoms with Crippen LogP contribution in [0.3, 0.4) is 0 Å². The fraction of sp³-hybridized carbons (Fsp3) is 0.600. The average Bonchev–Trinajstić information content (AvgIpc) is 2.64. The van der Waals surface area contributed by atoms with Crippen LogP contribution in [0.2, 0.25) is 0 Å². The molecule has 1 aromatic rings. The first kappa shape index (κ1) is 22.1. The molecule has 1 atom stereocenters. The van der Waals surface area contributed by atoms with Crippen LogP contribution in [0, 0.1) is 0 Å². The number of nitrogens with zero attached hydrogens (tertiary/aromatic N) is 1. The smallest absolute Gasteiger partial charge is 0.337 e. The number of benzene rings is 1. The van der Waals surface area contributed by atoms with Crippen molar-refractivity contribution in [3.63, 3.8) is 0 Å². The van der Waals surface area contributed by atoms with Gasteiger partial charge < -0.3 is 9.84 Å². The van der Waals surface area contributed by atoms with Crippen molar-refractivity contribution in [3.8, 4) is 0 Å². The molecule has 2 N–H and O–H groups in total. The van der Waals surface area contributed by atoms with Gasteiger partial charge in [0, 0.05) is 20.0 Å². The summed E-state index contributed by atoms with van der Waals surface area (Å²) < 4.78 is 4.68. The number of hydrogen-bond acceptors (Lipinski definition) is 5. The number of amides is 1. The number of methoxy groups -OCH3 is 1. The maximum absolute atomic E-state index is 11.7. The van der Waals surface area contributed by atoms with E-state index in [0.717, 1.165) is 37.7 Å². The van der Waals surface area contributed by atoms with Crippen LogP contribution in [0.5, 0.6) is 0 Å². The van der Waals surface area contributed by atoms with Crippen molar-refractivity contribution in [2.24, 2.45) is 0 Å². The lowest BCUT2D eigenvalue weighted by atomic mass is 10.1. The molecular formula is C20H32N2O4. The zero-order valence-electron chi connectivity index (χ0n) is 16.2. The summed E-state index contributed by atoms with van der Waals surface area (Å²) in [5.74, 6) is -0.415. The summed E-state index contributed by atoms with van der Waals surface area (Å²) in [5.41, 5.74) is 4.70. The molecule has 0 aliphatic heterocycles. The number of carbonyl (C=O) groups is 2. The van der Waals surface area contributed by atoms with Gasteiger partial charge in [0.05, 0.1) is 18.8 Å². The minimum absolute atomic E-state index is 0.0632. The van der Waals surface area contributed by atoms with Crippen molar-refractivity contribution < 1.29 is 19.4 Å². The molecule has 0 saturated heterocycles.